The minimum Gasteiger partial charge on any atom is -0.435 e. The van der Waals surface area contributed by atoms with Crippen LogP contribution in [0.2, 0.25) is 0 Å². The Morgan fingerprint density at radius 1 is 0.905 bits per heavy atom. The molecule has 0 aliphatic carbocycles. The van der Waals surface area contributed by atoms with Gasteiger partial charge in [-0.25, -0.2) is 0 Å². The van der Waals surface area contributed by atoms with Crippen molar-refractivity contribution in [2.75, 3.05) is 6.54 Å². The van der Waals surface area contributed by atoms with Crippen LogP contribution in [0.25, 0.3) is 0 Å². The zero-order chi connectivity index (χ0) is 14.9. The van der Waals surface area contributed by atoms with Crippen molar-refractivity contribution in [3.05, 3.63) is 65.7 Å². The van der Waals surface area contributed by atoms with Crippen LogP contribution >= 0.6 is 0 Å². The average molecular weight is 291 g/mol. The molecule has 0 fully saturated rings. The lowest BCUT2D eigenvalue weighted by molar-refractivity contribution is -0.0498. The van der Waals surface area contributed by atoms with Gasteiger partial charge in [0.15, 0.2) is 0 Å². The second-order valence-electron chi connectivity index (χ2n) is 4.79. The first-order valence-corrected chi connectivity index (χ1v) is 7.02. The molecule has 0 heterocycles. The van der Waals surface area contributed by atoms with Crippen molar-refractivity contribution in [2.45, 2.75) is 26.0 Å². The third-order valence-electron chi connectivity index (χ3n) is 3.14. The van der Waals surface area contributed by atoms with Crippen molar-refractivity contribution in [1.29, 1.82) is 0 Å². The van der Waals surface area contributed by atoms with E-state index in [-0.39, 0.29) is 5.75 Å². The Morgan fingerprint density at radius 3 is 2.29 bits per heavy atom. The van der Waals surface area contributed by atoms with Crippen LogP contribution in [0.4, 0.5) is 8.78 Å². The monoisotopic (exact) mass is 291 g/mol. The molecule has 0 saturated carbocycles. The molecule has 112 valence electrons. The lowest BCUT2D eigenvalue weighted by atomic mass is 10.1. The molecule has 0 spiro atoms. The number of halogens is 2. The van der Waals surface area contributed by atoms with Crippen LogP contribution in [-0.4, -0.2) is 13.2 Å². The molecule has 21 heavy (non-hydrogen) atoms. The van der Waals surface area contributed by atoms with E-state index in [1.807, 2.05) is 18.2 Å². The van der Waals surface area contributed by atoms with E-state index in [1.54, 1.807) is 24.3 Å². The van der Waals surface area contributed by atoms with Crippen LogP contribution in [0.1, 0.15) is 17.5 Å². The summed E-state index contributed by atoms with van der Waals surface area (Å²) >= 11 is 0. The SMILES string of the molecule is FC(F)Oc1ccc(CNCCCc2ccccc2)cc1. The Morgan fingerprint density at radius 2 is 1.62 bits per heavy atom. The van der Waals surface area contributed by atoms with E-state index in [9.17, 15) is 8.78 Å². The number of hydrogen-bond acceptors (Lipinski definition) is 2. The Labute approximate surface area is 123 Å². The zero-order valence-corrected chi connectivity index (χ0v) is 11.8. The molecule has 0 aliphatic rings. The first kappa shape index (κ1) is 15.4. The lowest BCUT2D eigenvalue weighted by Crippen LogP contribution is -2.15. The quantitative estimate of drug-likeness (QED) is 0.742. The minimum atomic E-state index is -2.77. The summed E-state index contributed by atoms with van der Waals surface area (Å²) in [7, 11) is 0. The number of nitrogens with one attached hydrogen (secondary N) is 1. The number of benzene rings is 2. The molecule has 4 heteroatoms. The van der Waals surface area contributed by atoms with Crippen LogP contribution in [0.5, 0.6) is 5.75 Å². The summed E-state index contributed by atoms with van der Waals surface area (Å²) in [6.07, 6.45) is 2.12. The first-order chi connectivity index (χ1) is 10.2. The van der Waals surface area contributed by atoms with Crippen molar-refractivity contribution in [3.8, 4) is 5.75 Å². The summed E-state index contributed by atoms with van der Waals surface area (Å²) in [5.41, 5.74) is 2.39. The molecule has 0 aromatic heterocycles. The summed E-state index contributed by atoms with van der Waals surface area (Å²) < 4.78 is 28.3. The molecular weight excluding hydrogens is 272 g/mol. The van der Waals surface area contributed by atoms with Crippen molar-refractivity contribution in [2.24, 2.45) is 0 Å². The van der Waals surface area contributed by atoms with Crippen molar-refractivity contribution < 1.29 is 13.5 Å². The van der Waals surface area contributed by atoms with Crippen LogP contribution in [0.15, 0.2) is 54.6 Å². The summed E-state index contributed by atoms with van der Waals surface area (Å²) in [4.78, 5) is 0. The van der Waals surface area contributed by atoms with Gasteiger partial charge in [-0.2, -0.15) is 8.78 Å². The Hall–Kier alpha value is -1.94. The van der Waals surface area contributed by atoms with Crippen LogP contribution in [0, 0.1) is 0 Å². The van der Waals surface area contributed by atoms with Crippen molar-refractivity contribution in [1.82, 2.24) is 5.32 Å². The molecule has 0 saturated heterocycles. The highest BCUT2D eigenvalue weighted by Gasteiger charge is 2.03. The van der Waals surface area contributed by atoms with Gasteiger partial charge in [-0.1, -0.05) is 42.5 Å². The van der Waals surface area contributed by atoms with Crippen LogP contribution in [0.3, 0.4) is 0 Å². The predicted molar refractivity (Wildman–Crippen MR) is 79.5 cm³/mol. The normalized spacial score (nSPS) is 10.8. The fourth-order valence-electron chi connectivity index (χ4n) is 2.08. The second-order valence-corrected chi connectivity index (χ2v) is 4.79. The molecule has 0 bridgehead atoms. The lowest BCUT2D eigenvalue weighted by Gasteiger charge is -2.07. The number of hydrogen-bond donors (Lipinski definition) is 1. The van der Waals surface area contributed by atoms with Gasteiger partial charge in [0.2, 0.25) is 0 Å². The van der Waals surface area contributed by atoms with Gasteiger partial charge in [0.05, 0.1) is 0 Å². The first-order valence-electron chi connectivity index (χ1n) is 7.02. The fourth-order valence-corrected chi connectivity index (χ4v) is 2.08. The summed E-state index contributed by atoms with van der Waals surface area (Å²) in [6, 6.07) is 17.1. The standard InChI is InChI=1S/C17H19F2NO/c18-17(19)21-16-10-8-15(9-11-16)13-20-12-4-7-14-5-2-1-3-6-14/h1-3,5-6,8-11,17,20H,4,7,12-13H2. The Bertz CT molecular complexity index is 514. The molecule has 2 aromatic rings. The highest BCUT2D eigenvalue weighted by atomic mass is 19.3. The average Bonchev–Trinajstić information content (AvgIpc) is 2.49. The van der Waals surface area contributed by atoms with Gasteiger partial charge in [0.25, 0.3) is 0 Å². The smallest absolute Gasteiger partial charge is 0.387 e. The highest BCUT2D eigenvalue weighted by molar-refractivity contribution is 5.27. The predicted octanol–water partition coefficient (Wildman–Crippen LogP) is 4.01. The van der Waals surface area contributed by atoms with Gasteiger partial charge in [0.1, 0.15) is 5.75 Å². The van der Waals surface area contributed by atoms with Gasteiger partial charge in [-0.15, -0.1) is 0 Å². The van der Waals surface area contributed by atoms with Crippen LogP contribution < -0.4 is 10.1 Å². The molecule has 0 unspecified atom stereocenters. The van der Waals surface area contributed by atoms with E-state index in [2.05, 4.69) is 22.2 Å². The molecule has 0 amide bonds. The minimum absolute atomic E-state index is 0.192. The zero-order valence-electron chi connectivity index (χ0n) is 11.8. The van der Waals surface area contributed by atoms with E-state index in [0.29, 0.717) is 0 Å². The van der Waals surface area contributed by atoms with E-state index in [1.165, 1.54) is 5.56 Å². The van der Waals surface area contributed by atoms with E-state index in [0.717, 1.165) is 31.5 Å². The van der Waals surface area contributed by atoms with Gasteiger partial charge < -0.3 is 10.1 Å². The highest BCUT2D eigenvalue weighted by Crippen LogP contribution is 2.14. The van der Waals surface area contributed by atoms with E-state index < -0.39 is 6.61 Å². The molecule has 2 aromatic carbocycles. The topological polar surface area (TPSA) is 21.3 Å². The molecule has 0 atom stereocenters. The summed E-state index contributed by atoms with van der Waals surface area (Å²) in [5, 5.41) is 3.34. The van der Waals surface area contributed by atoms with Gasteiger partial charge in [-0.05, 0) is 42.6 Å². The Kier molecular flexibility index (Phi) is 6.16. The van der Waals surface area contributed by atoms with Gasteiger partial charge >= 0.3 is 6.61 Å². The van der Waals surface area contributed by atoms with Gasteiger partial charge in [0, 0.05) is 6.54 Å². The van der Waals surface area contributed by atoms with Crippen molar-refractivity contribution >= 4 is 0 Å². The summed E-state index contributed by atoms with van der Waals surface area (Å²) in [6.45, 7) is -1.12. The maximum absolute atomic E-state index is 12.0. The largest absolute Gasteiger partial charge is 0.435 e. The molecular formula is C17H19F2NO. The third-order valence-corrected chi connectivity index (χ3v) is 3.14. The molecule has 2 rings (SSSR count). The second kappa shape index (κ2) is 8.37. The van der Waals surface area contributed by atoms with E-state index >= 15 is 0 Å². The fraction of sp³-hybridized carbons (Fsp3) is 0.294. The maximum Gasteiger partial charge on any atom is 0.387 e. The summed E-state index contributed by atoms with van der Waals surface area (Å²) in [5.74, 6) is 0.192. The molecule has 0 radical (unpaired) electrons. The van der Waals surface area contributed by atoms with E-state index in [4.69, 9.17) is 0 Å². The number of rotatable bonds is 8. The van der Waals surface area contributed by atoms with Gasteiger partial charge in [-0.3, -0.25) is 0 Å². The van der Waals surface area contributed by atoms with Crippen LogP contribution in [-0.2, 0) is 13.0 Å². The van der Waals surface area contributed by atoms with Crippen molar-refractivity contribution in [3.63, 3.8) is 0 Å². The number of aryl methyl sites for hydroxylation is 1. The molecule has 0 aliphatic heterocycles. The number of alkyl halides is 2. The molecule has 2 nitrogen and oxygen atoms in total. The third kappa shape index (κ3) is 5.92. The number of ether oxygens (including phenoxy) is 1. The molecule has 1 N–H and O–H groups in total. The Balaban J connectivity index is 1.64. The maximum atomic E-state index is 12.0.